The minimum absolute atomic E-state index is 0.435. The number of halogens is 1. The molecular formula is C20H27BFN3O2. The van der Waals surface area contributed by atoms with E-state index in [0.717, 1.165) is 0 Å². The van der Waals surface area contributed by atoms with E-state index in [0.29, 0.717) is 12.2 Å². The first kappa shape index (κ1) is 19.8. The average Bonchev–Trinajstić information content (AvgIpc) is 3.05. The normalized spacial score (nSPS) is 19.0. The highest BCUT2D eigenvalue weighted by Crippen LogP contribution is 2.39. The Morgan fingerprint density at radius 3 is 2.22 bits per heavy atom. The first-order valence-electron chi connectivity index (χ1n) is 9.18. The van der Waals surface area contributed by atoms with E-state index in [-0.39, 0.29) is 0 Å². The minimum Gasteiger partial charge on any atom is -0.398 e. The van der Waals surface area contributed by atoms with Crippen LogP contribution in [-0.4, -0.2) is 33.3 Å². The molecule has 0 spiro atoms. The first-order chi connectivity index (χ1) is 12.5. The van der Waals surface area contributed by atoms with Gasteiger partial charge in [0.1, 0.15) is 11.4 Å². The number of hydrogen-bond acceptors (Lipinski definition) is 4. The van der Waals surface area contributed by atoms with Crippen molar-refractivity contribution in [3.05, 3.63) is 52.0 Å². The summed E-state index contributed by atoms with van der Waals surface area (Å²) < 4.78 is 27.8. The van der Waals surface area contributed by atoms with Gasteiger partial charge in [-0.2, -0.15) is 0 Å². The first-order valence-corrected chi connectivity index (χ1v) is 9.18. The van der Waals surface area contributed by atoms with Crippen molar-refractivity contribution in [2.75, 3.05) is 0 Å². The largest absolute Gasteiger partial charge is 0.525 e. The van der Waals surface area contributed by atoms with Crippen molar-refractivity contribution in [1.82, 2.24) is 15.0 Å². The van der Waals surface area contributed by atoms with Crippen LogP contribution >= 0.6 is 0 Å². The lowest BCUT2D eigenvalue weighted by atomic mass is 9.87. The standard InChI is InChI=1S/C20H27BFN3O2/c1-13-8-14(2)17(15(3)9-13)12-25-11-16(23-24-25)10-18(22)21-26-19(4,5)20(6,7)27-21/h8-11H,12H2,1-7H3. The van der Waals surface area contributed by atoms with E-state index in [4.69, 9.17) is 9.31 Å². The molecule has 1 aliphatic heterocycles. The molecule has 144 valence electrons. The molecule has 1 fully saturated rings. The lowest BCUT2D eigenvalue weighted by Crippen LogP contribution is -2.41. The fourth-order valence-corrected chi connectivity index (χ4v) is 3.24. The van der Waals surface area contributed by atoms with Gasteiger partial charge in [0.25, 0.3) is 0 Å². The third-order valence-electron chi connectivity index (χ3n) is 5.48. The molecule has 27 heavy (non-hydrogen) atoms. The van der Waals surface area contributed by atoms with Crippen molar-refractivity contribution in [2.45, 2.75) is 66.2 Å². The molecule has 1 saturated heterocycles. The highest BCUT2D eigenvalue weighted by atomic mass is 19.1. The van der Waals surface area contributed by atoms with Crippen molar-refractivity contribution in [2.24, 2.45) is 0 Å². The summed E-state index contributed by atoms with van der Waals surface area (Å²) >= 11 is 0. The van der Waals surface area contributed by atoms with Gasteiger partial charge in [0.15, 0.2) is 0 Å². The monoisotopic (exact) mass is 371 g/mol. The molecule has 0 atom stereocenters. The van der Waals surface area contributed by atoms with E-state index in [2.05, 4.69) is 43.2 Å². The Morgan fingerprint density at radius 2 is 1.67 bits per heavy atom. The zero-order valence-electron chi connectivity index (χ0n) is 17.1. The van der Waals surface area contributed by atoms with Crippen molar-refractivity contribution in [3.8, 4) is 0 Å². The van der Waals surface area contributed by atoms with Crippen LogP contribution in [0.5, 0.6) is 0 Å². The summed E-state index contributed by atoms with van der Waals surface area (Å²) in [5, 5.41) is 8.19. The molecule has 3 rings (SSSR count). The maximum absolute atomic E-state index is 14.6. The molecule has 2 heterocycles. The Kier molecular flexibility index (Phi) is 5.03. The van der Waals surface area contributed by atoms with Gasteiger partial charge in [0, 0.05) is 0 Å². The van der Waals surface area contributed by atoms with Crippen LogP contribution in [0.2, 0.25) is 0 Å². The van der Waals surface area contributed by atoms with Gasteiger partial charge in [-0.25, -0.2) is 9.07 Å². The maximum Gasteiger partial charge on any atom is 0.525 e. The predicted molar refractivity (Wildman–Crippen MR) is 105 cm³/mol. The second kappa shape index (κ2) is 6.87. The van der Waals surface area contributed by atoms with E-state index in [1.54, 1.807) is 10.9 Å². The zero-order valence-corrected chi connectivity index (χ0v) is 17.1. The van der Waals surface area contributed by atoms with Gasteiger partial charge in [0.2, 0.25) is 0 Å². The molecule has 0 N–H and O–H groups in total. The zero-order chi connectivity index (χ0) is 20.0. The Bertz CT molecular complexity index is 850. The molecule has 0 amide bonds. The lowest BCUT2D eigenvalue weighted by Gasteiger charge is -2.32. The fraction of sp³-hybridized carbons (Fsp3) is 0.500. The van der Waals surface area contributed by atoms with Gasteiger partial charge in [-0.1, -0.05) is 22.9 Å². The summed E-state index contributed by atoms with van der Waals surface area (Å²) in [5.74, 6) is 0. The molecule has 5 nitrogen and oxygen atoms in total. The maximum atomic E-state index is 14.6. The summed E-state index contributed by atoms with van der Waals surface area (Å²) in [4.78, 5) is 0. The number of rotatable bonds is 4. The van der Waals surface area contributed by atoms with Gasteiger partial charge in [0.05, 0.1) is 23.9 Å². The predicted octanol–water partition coefficient (Wildman–Crippen LogP) is 4.19. The SMILES string of the molecule is Cc1cc(C)c(Cn2cc(C=C(F)B3OC(C)(C)C(C)(C)O3)nn2)c(C)c1. The van der Waals surface area contributed by atoms with Crippen LogP contribution in [0.15, 0.2) is 24.1 Å². The second-order valence-electron chi connectivity index (χ2n) is 8.34. The minimum atomic E-state index is -1.03. The van der Waals surface area contributed by atoms with Crippen LogP contribution in [0, 0.1) is 20.8 Å². The van der Waals surface area contributed by atoms with Crippen molar-refractivity contribution < 1.29 is 13.7 Å². The van der Waals surface area contributed by atoms with Crippen LogP contribution in [0.3, 0.4) is 0 Å². The third-order valence-corrected chi connectivity index (χ3v) is 5.48. The smallest absolute Gasteiger partial charge is 0.398 e. The highest BCUT2D eigenvalue weighted by Gasteiger charge is 2.53. The molecule has 0 aliphatic carbocycles. The summed E-state index contributed by atoms with van der Waals surface area (Å²) in [5.41, 5.74) is 3.62. The molecule has 7 heteroatoms. The van der Waals surface area contributed by atoms with Crippen molar-refractivity contribution in [1.29, 1.82) is 0 Å². The van der Waals surface area contributed by atoms with Crippen molar-refractivity contribution >= 4 is 13.2 Å². The fourth-order valence-electron chi connectivity index (χ4n) is 3.24. The summed E-state index contributed by atoms with van der Waals surface area (Å²) in [6.45, 7) is 14.4. The average molecular weight is 371 g/mol. The molecule has 0 unspecified atom stereocenters. The Balaban J connectivity index is 1.76. The molecule has 0 saturated carbocycles. The van der Waals surface area contributed by atoms with E-state index >= 15 is 0 Å². The van der Waals surface area contributed by atoms with Crippen LogP contribution in [-0.2, 0) is 15.9 Å². The second-order valence-corrected chi connectivity index (χ2v) is 8.34. The summed E-state index contributed by atoms with van der Waals surface area (Å²) in [6, 6.07) is 4.30. The van der Waals surface area contributed by atoms with E-state index < -0.39 is 24.0 Å². The number of aryl methyl sites for hydroxylation is 3. The Hall–Kier alpha value is -1.99. The summed E-state index contributed by atoms with van der Waals surface area (Å²) in [7, 11) is -1.03. The lowest BCUT2D eigenvalue weighted by molar-refractivity contribution is 0.00578. The van der Waals surface area contributed by atoms with Crippen LogP contribution < -0.4 is 0 Å². The molecule has 1 aliphatic rings. The number of nitrogens with zero attached hydrogens (tertiary/aromatic N) is 3. The Morgan fingerprint density at radius 1 is 1.11 bits per heavy atom. The van der Waals surface area contributed by atoms with E-state index in [1.807, 2.05) is 27.7 Å². The van der Waals surface area contributed by atoms with Crippen LogP contribution in [0.25, 0.3) is 6.08 Å². The molecule has 1 aromatic heterocycles. The molecule has 0 radical (unpaired) electrons. The topological polar surface area (TPSA) is 49.2 Å². The van der Waals surface area contributed by atoms with Crippen molar-refractivity contribution in [3.63, 3.8) is 0 Å². The number of benzene rings is 1. The number of hydrogen-bond donors (Lipinski definition) is 0. The number of aromatic nitrogens is 3. The molecule has 0 bridgehead atoms. The van der Waals surface area contributed by atoms with Gasteiger partial charge in [-0.05, 0) is 71.2 Å². The van der Waals surface area contributed by atoms with Gasteiger partial charge < -0.3 is 9.31 Å². The van der Waals surface area contributed by atoms with Crippen LogP contribution in [0.1, 0.15) is 55.6 Å². The third kappa shape index (κ3) is 3.99. The van der Waals surface area contributed by atoms with Gasteiger partial charge >= 0.3 is 7.12 Å². The molecule has 2 aromatic rings. The molecule has 1 aromatic carbocycles. The van der Waals surface area contributed by atoms with Crippen LogP contribution in [0.4, 0.5) is 4.39 Å². The highest BCUT2D eigenvalue weighted by molar-refractivity contribution is 6.54. The Labute approximate surface area is 160 Å². The van der Waals surface area contributed by atoms with E-state index in [9.17, 15) is 4.39 Å². The van der Waals surface area contributed by atoms with Gasteiger partial charge in [-0.3, -0.25) is 0 Å². The van der Waals surface area contributed by atoms with E-state index in [1.165, 1.54) is 28.3 Å². The summed E-state index contributed by atoms with van der Waals surface area (Å²) in [6.07, 6.45) is 3.05. The molecular weight excluding hydrogens is 344 g/mol. The quantitative estimate of drug-likeness (QED) is 0.756. The van der Waals surface area contributed by atoms with Gasteiger partial charge in [-0.15, -0.1) is 5.10 Å².